The molecule has 0 radical (unpaired) electrons. The second-order valence-electron chi connectivity index (χ2n) is 6.77. The maximum Gasteiger partial charge on any atom is 0.161 e. The van der Waals surface area contributed by atoms with Crippen LogP contribution in [0, 0.1) is 5.82 Å². The van der Waals surface area contributed by atoms with E-state index in [9.17, 15) is 4.39 Å². The number of hydrogen-bond donors (Lipinski definition) is 1. The number of nitrogens with two attached hydrogens (primary N) is 1. The van der Waals surface area contributed by atoms with Crippen molar-refractivity contribution in [2.75, 3.05) is 20.8 Å². The van der Waals surface area contributed by atoms with Gasteiger partial charge in [0, 0.05) is 19.1 Å². The smallest absolute Gasteiger partial charge is 0.161 e. The van der Waals surface area contributed by atoms with E-state index < -0.39 is 0 Å². The highest BCUT2D eigenvalue weighted by Crippen LogP contribution is 2.40. The minimum absolute atomic E-state index is 0.0132. The molecule has 0 saturated heterocycles. The van der Waals surface area contributed by atoms with Crippen LogP contribution >= 0.6 is 0 Å². The first kappa shape index (κ1) is 18.7. The Morgan fingerprint density at radius 2 is 1.92 bits per heavy atom. The molecule has 0 aliphatic carbocycles. The highest BCUT2D eigenvalue weighted by molar-refractivity contribution is 5.50. The molecule has 4 nitrogen and oxygen atoms in total. The Labute approximate surface area is 154 Å². The molecule has 2 atom stereocenters. The Kier molecular flexibility index (Phi) is 5.79. The largest absolute Gasteiger partial charge is 0.493 e. The molecule has 2 aromatic carbocycles. The zero-order valence-corrected chi connectivity index (χ0v) is 15.7. The zero-order valence-electron chi connectivity index (χ0n) is 15.7. The number of benzene rings is 2. The maximum atomic E-state index is 13.6. The van der Waals surface area contributed by atoms with Crippen LogP contribution in [0.15, 0.2) is 36.4 Å². The van der Waals surface area contributed by atoms with E-state index in [0.717, 1.165) is 30.7 Å². The van der Waals surface area contributed by atoms with Gasteiger partial charge in [-0.1, -0.05) is 19.1 Å². The molecule has 2 N–H and O–H groups in total. The molecule has 0 aromatic heterocycles. The first-order chi connectivity index (χ1) is 12.6. The summed E-state index contributed by atoms with van der Waals surface area (Å²) in [7, 11) is 3.30. The summed E-state index contributed by atoms with van der Waals surface area (Å²) < 4.78 is 24.5. The van der Waals surface area contributed by atoms with Crippen LogP contribution in [-0.4, -0.2) is 31.7 Å². The Hall–Kier alpha value is -2.11. The van der Waals surface area contributed by atoms with Gasteiger partial charge < -0.3 is 15.2 Å². The number of nitrogens with zero attached hydrogens (tertiary/aromatic N) is 1. The molecule has 0 spiro atoms. The molecule has 2 aromatic rings. The summed E-state index contributed by atoms with van der Waals surface area (Å²) in [4.78, 5) is 2.34. The average molecular weight is 358 g/mol. The van der Waals surface area contributed by atoms with Crippen LogP contribution in [0.25, 0.3) is 0 Å². The summed E-state index contributed by atoms with van der Waals surface area (Å²) in [5, 5.41) is 0. The lowest BCUT2D eigenvalue weighted by molar-refractivity contribution is 0.148. The molecule has 1 heterocycles. The summed E-state index contributed by atoms with van der Waals surface area (Å²) in [6, 6.07) is 10.9. The van der Waals surface area contributed by atoms with Gasteiger partial charge in [-0.2, -0.15) is 0 Å². The van der Waals surface area contributed by atoms with Gasteiger partial charge in [-0.05, 0) is 53.8 Å². The van der Waals surface area contributed by atoms with Crippen LogP contribution in [0.2, 0.25) is 0 Å². The number of fused-ring (bicyclic) bond motifs is 1. The number of ether oxygens (including phenoxy) is 2. The van der Waals surface area contributed by atoms with E-state index in [0.29, 0.717) is 12.3 Å². The van der Waals surface area contributed by atoms with Crippen LogP contribution in [0.1, 0.15) is 36.1 Å². The van der Waals surface area contributed by atoms with E-state index in [1.165, 1.54) is 17.2 Å². The van der Waals surface area contributed by atoms with Gasteiger partial charge >= 0.3 is 0 Å². The molecule has 0 bridgehead atoms. The topological polar surface area (TPSA) is 47.7 Å². The third-order valence-corrected chi connectivity index (χ3v) is 5.18. The lowest BCUT2D eigenvalue weighted by Gasteiger charge is -2.40. The van der Waals surface area contributed by atoms with E-state index >= 15 is 0 Å². The second kappa shape index (κ2) is 8.06. The molecule has 1 aliphatic rings. The van der Waals surface area contributed by atoms with Crippen LogP contribution in [-0.2, 0) is 13.0 Å². The quantitative estimate of drug-likeness (QED) is 0.856. The number of hydrogen-bond acceptors (Lipinski definition) is 4. The van der Waals surface area contributed by atoms with Gasteiger partial charge in [-0.3, -0.25) is 4.90 Å². The highest BCUT2D eigenvalue weighted by atomic mass is 19.1. The minimum Gasteiger partial charge on any atom is -0.493 e. The highest BCUT2D eigenvalue weighted by Gasteiger charge is 2.32. The van der Waals surface area contributed by atoms with Gasteiger partial charge in [0.2, 0.25) is 0 Å². The summed E-state index contributed by atoms with van der Waals surface area (Å²) in [6.45, 7) is 3.64. The van der Waals surface area contributed by atoms with Crippen molar-refractivity contribution in [3.8, 4) is 11.5 Å². The molecule has 5 heteroatoms. The Morgan fingerprint density at radius 3 is 2.58 bits per heavy atom. The predicted molar refractivity (Wildman–Crippen MR) is 101 cm³/mol. The molecule has 0 fully saturated rings. The van der Waals surface area contributed by atoms with Crippen molar-refractivity contribution in [2.24, 2.45) is 5.73 Å². The number of methoxy groups -OCH3 is 2. The third kappa shape index (κ3) is 3.69. The van der Waals surface area contributed by atoms with Crippen LogP contribution < -0.4 is 15.2 Å². The molecule has 140 valence electrons. The van der Waals surface area contributed by atoms with Crippen LogP contribution in [0.4, 0.5) is 4.39 Å². The van der Waals surface area contributed by atoms with Crippen molar-refractivity contribution in [3.05, 3.63) is 58.9 Å². The molecule has 0 saturated carbocycles. The van der Waals surface area contributed by atoms with Crippen LogP contribution in [0.5, 0.6) is 11.5 Å². The Balaban J connectivity index is 1.98. The summed E-state index contributed by atoms with van der Waals surface area (Å²) in [5.74, 6) is 1.25. The van der Waals surface area contributed by atoms with E-state index in [2.05, 4.69) is 17.9 Å². The van der Waals surface area contributed by atoms with Gasteiger partial charge in [0.05, 0.1) is 20.3 Å². The second-order valence-corrected chi connectivity index (χ2v) is 6.77. The van der Waals surface area contributed by atoms with Gasteiger partial charge in [0.1, 0.15) is 5.82 Å². The van der Waals surface area contributed by atoms with Crippen molar-refractivity contribution in [3.63, 3.8) is 0 Å². The first-order valence-electron chi connectivity index (χ1n) is 9.06. The number of halogens is 1. The fourth-order valence-corrected chi connectivity index (χ4v) is 3.80. The summed E-state index contributed by atoms with van der Waals surface area (Å²) >= 11 is 0. The molecule has 3 rings (SSSR count). The van der Waals surface area contributed by atoms with Crippen molar-refractivity contribution < 1.29 is 13.9 Å². The fraction of sp³-hybridized carbons (Fsp3) is 0.429. The monoisotopic (exact) mass is 358 g/mol. The lowest BCUT2D eigenvalue weighted by atomic mass is 9.86. The standard InChI is InChI=1S/C21H27FN2O2/c1-4-18(23)21-17-12-20(26-3)19(25-2)11-15(17)8-9-24(21)13-14-6-5-7-16(22)10-14/h5-7,10-12,18,21H,4,8-9,13,23H2,1-3H3/t18-,21-/m0/s1. The van der Waals surface area contributed by atoms with Crippen LogP contribution in [0.3, 0.4) is 0 Å². The Bertz CT molecular complexity index is 766. The molecule has 1 aliphatic heterocycles. The van der Waals surface area contributed by atoms with E-state index in [1.807, 2.05) is 12.1 Å². The van der Waals surface area contributed by atoms with E-state index in [4.69, 9.17) is 15.2 Å². The fourth-order valence-electron chi connectivity index (χ4n) is 3.80. The van der Waals surface area contributed by atoms with Gasteiger partial charge in [-0.25, -0.2) is 4.39 Å². The summed E-state index contributed by atoms with van der Waals surface area (Å²) in [6.07, 6.45) is 1.76. The molecule has 0 unspecified atom stereocenters. The van der Waals surface area contributed by atoms with Crippen molar-refractivity contribution >= 4 is 0 Å². The molecule has 26 heavy (non-hydrogen) atoms. The van der Waals surface area contributed by atoms with Crippen molar-refractivity contribution in [1.82, 2.24) is 4.90 Å². The normalized spacial score (nSPS) is 18.3. The third-order valence-electron chi connectivity index (χ3n) is 5.18. The van der Waals surface area contributed by atoms with Gasteiger partial charge in [0.15, 0.2) is 11.5 Å². The molecule has 0 amide bonds. The van der Waals surface area contributed by atoms with Gasteiger partial charge in [-0.15, -0.1) is 0 Å². The average Bonchev–Trinajstić information content (AvgIpc) is 2.66. The zero-order chi connectivity index (χ0) is 18.7. The molecular formula is C21H27FN2O2. The SMILES string of the molecule is CC[C@H](N)[C@@H]1c2cc(OC)c(OC)cc2CCN1Cc1cccc(F)c1. The maximum absolute atomic E-state index is 13.6. The summed E-state index contributed by atoms with van der Waals surface area (Å²) in [5.41, 5.74) is 9.89. The van der Waals surface area contributed by atoms with Crippen molar-refractivity contribution in [1.29, 1.82) is 0 Å². The lowest BCUT2D eigenvalue weighted by Crippen LogP contribution is -2.44. The Morgan fingerprint density at radius 1 is 1.19 bits per heavy atom. The van der Waals surface area contributed by atoms with E-state index in [1.54, 1.807) is 26.4 Å². The minimum atomic E-state index is -0.206. The van der Waals surface area contributed by atoms with Crippen molar-refractivity contribution in [2.45, 2.75) is 38.4 Å². The van der Waals surface area contributed by atoms with E-state index in [-0.39, 0.29) is 17.9 Å². The molecular weight excluding hydrogens is 331 g/mol. The predicted octanol–water partition coefficient (Wildman–Crippen LogP) is 3.68. The number of rotatable bonds is 6. The first-order valence-corrected chi connectivity index (χ1v) is 9.06. The van der Waals surface area contributed by atoms with Gasteiger partial charge in [0.25, 0.3) is 0 Å².